The summed E-state index contributed by atoms with van der Waals surface area (Å²) in [5.41, 5.74) is 6.00. The van der Waals surface area contributed by atoms with E-state index in [-0.39, 0.29) is 10.7 Å². The molecule has 9 nitrogen and oxygen atoms in total. The van der Waals surface area contributed by atoms with Crippen LogP contribution in [-0.2, 0) is 27.8 Å². The maximum atomic E-state index is 12.3. The number of sulfonamides is 1. The van der Waals surface area contributed by atoms with Crippen LogP contribution in [0.4, 0.5) is 11.5 Å². The van der Waals surface area contributed by atoms with Gasteiger partial charge >= 0.3 is 0 Å². The predicted octanol–water partition coefficient (Wildman–Crippen LogP) is 0.129. The Morgan fingerprint density at radius 2 is 2.14 bits per heavy atom. The second-order valence-electron chi connectivity index (χ2n) is 4.32. The van der Waals surface area contributed by atoms with Crippen molar-refractivity contribution >= 4 is 21.5 Å². The number of ether oxygens (including phenoxy) is 1. The molecule has 0 unspecified atom stereocenters. The molecule has 0 atom stereocenters. The Morgan fingerprint density at radius 1 is 1.38 bits per heavy atom. The molecule has 3 N–H and O–H groups in total. The van der Waals surface area contributed by atoms with E-state index in [2.05, 4.69) is 14.9 Å². The number of hydrogen-bond donors (Lipinski definition) is 2. The lowest BCUT2D eigenvalue weighted by Gasteiger charge is -2.03. The molecule has 2 aromatic heterocycles. The molecule has 0 bridgehead atoms. The predicted molar refractivity (Wildman–Crippen MR) is 77.2 cm³/mol. The molecule has 21 heavy (non-hydrogen) atoms. The van der Waals surface area contributed by atoms with E-state index in [4.69, 9.17) is 10.5 Å². The average Bonchev–Trinajstić information content (AvgIpc) is 3.02. The number of hydrogen-bond acceptors (Lipinski definition) is 6. The van der Waals surface area contributed by atoms with Gasteiger partial charge in [0.05, 0.1) is 25.0 Å². The van der Waals surface area contributed by atoms with E-state index in [1.165, 1.54) is 17.1 Å². The van der Waals surface area contributed by atoms with Crippen LogP contribution in [0.15, 0.2) is 23.5 Å². The lowest BCUT2D eigenvalue weighted by atomic mass is 10.6. The first-order valence-electron chi connectivity index (χ1n) is 6.33. The van der Waals surface area contributed by atoms with E-state index in [1.54, 1.807) is 18.0 Å². The van der Waals surface area contributed by atoms with Crippen molar-refractivity contribution in [2.75, 3.05) is 24.2 Å². The minimum atomic E-state index is -3.78. The zero-order valence-electron chi connectivity index (χ0n) is 11.9. The third-order valence-corrected chi connectivity index (χ3v) is 4.18. The molecular formula is C11H18N6O3S. The number of nitrogen functional groups attached to an aromatic ring is 1. The Hall–Kier alpha value is -2.07. The highest BCUT2D eigenvalue weighted by Gasteiger charge is 2.21. The third-order valence-electron chi connectivity index (χ3n) is 2.78. The maximum absolute atomic E-state index is 12.3. The molecule has 0 aliphatic heterocycles. The van der Waals surface area contributed by atoms with Crippen LogP contribution in [0.1, 0.15) is 6.92 Å². The molecule has 0 spiro atoms. The molecule has 2 heterocycles. The Balaban J connectivity index is 2.16. The summed E-state index contributed by atoms with van der Waals surface area (Å²) in [6.07, 6.45) is 4.40. The topological polar surface area (TPSA) is 117 Å². The summed E-state index contributed by atoms with van der Waals surface area (Å²) >= 11 is 0. The molecule has 0 saturated heterocycles. The summed E-state index contributed by atoms with van der Waals surface area (Å²) in [7, 11) is -2.20. The van der Waals surface area contributed by atoms with Gasteiger partial charge in [-0.3, -0.25) is 14.1 Å². The molecule has 10 heteroatoms. The van der Waals surface area contributed by atoms with Gasteiger partial charge in [-0.1, -0.05) is 0 Å². The van der Waals surface area contributed by atoms with Gasteiger partial charge in [0.25, 0.3) is 10.0 Å². The maximum Gasteiger partial charge on any atom is 0.267 e. The number of nitrogens with zero attached hydrogens (tertiary/aromatic N) is 4. The molecule has 116 valence electrons. The number of aromatic nitrogens is 4. The summed E-state index contributed by atoms with van der Waals surface area (Å²) in [5, 5.41) is 7.95. The number of methoxy groups -OCH3 is 1. The molecular weight excluding hydrogens is 296 g/mol. The average molecular weight is 314 g/mol. The van der Waals surface area contributed by atoms with Gasteiger partial charge in [-0.05, 0) is 6.92 Å². The molecule has 0 radical (unpaired) electrons. The molecule has 0 fully saturated rings. The van der Waals surface area contributed by atoms with Crippen LogP contribution in [0.25, 0.3) is 0 Å². The normalized spacial score (nSPS) is 11.7. The highest BCUT2D eigenvalue weighted by molar-refractivity contribution is 7.92. The standard InChI is InChI=1S/C11H18N6O3S/c1-3-16-8-10(11(12)14-16)21(18,19)15-9-6-13-17(7-9)4-5-20-2/h6-8,15H,3-5H2,1-2H3,(H2,12,14). The van der Waals surface area contributed by atoms with Gasteiger partial charge in [-0.15, -0.1) is 0 Å². The molecule has 0 saturated carbocycles. The van der Waals surface area contributed by atoms with Crippen LogP contribution >= 0.6 is 0 Å². The minimum absolute atomic E-state index is 0.0314. The first-order valence-corrected chi connectivity index (χ1v) is 7.81. The quantitative estimate of drug-likeness (QED) is 0.750. The molecule has 2 aromatic rings. The van der Waals surface area contributed by atoms with Crippen molar-refractivity contribution in [3.63, 3.8) is 0 Å². The molecule has 0 aliphatic rings. The first-order chi connectivity index (χ1) is 9.96. The Labute approximate surface area is 122 Å². The number of rotatable bonds is 7. The second kappa shape index (κ2) is 6.14. The number of anilines is 2. The van der Waals surface area contributed by atoms with Gasteiger partial charge in [0.1, 0.15) is 4.90 Å². The van der Waals surface area contributed by atoms with Gasteiger partial charge in [0.2, 0.25) is 0 Å². The Bertz CT molecular complexity index is 705. The van der Waals surface area contributed by atoms with Gasteiger partial charge in [0.15, 0.2) is 5.82 Å². The van der Waals surface area contributed by atoms with E-state index in [9.17, 15) is 8.42 Å². The smallest absolute Gasteiger partial charge is 0.267 e. The number of nitrogens with two attached hydrogens (primary N) is 1. The van der Waals surface area contributed by atoms with Crippen molar-refractivity contribution in [3.8, 4) is 0 Å². The van der Waals surface area contributed by atoms with E-state index in [0.717, 1.165) is 0 Å². The Morgan fingerprint density at radius 3 is 2.76 bits per heavy atom. The molecule has 0 amide bonds. The van der Waals surface area contributed by atoms with Crippen molar-refractivity contribution in [1.29, 1.82) is 0 Å². The summed E-state index contributed by atoms with van der Waals surface area (Å²) in [6, 6.07) is 0. The van der Waals surface area contributed by atoms with Crippen molar-refractivity contribution in [1.82, 2.24) is 19.6 Å². The summed E-state index contributed by atoms with van der Waals surface area (Å²) in [4.78, 5) is -0.0472. The van der Waals surface area contributed by atoms with E-state index in [1.807, 2.05) is 6.92 Å². The van der Waals surface area contributed by atoms with Crippen molar-refractivity contribution < 1.29 is 13.2 Å². The zero-order valence-corrected chi connectivity index (χ0v) is 12.7. The molecule has 2 rings (SSSR count). The molecule has 0 aromatic carbocycles. The SMILES string of the molecule is CCn1cc(S(=O)(=O)Nc2cnn(CCOC)c2)c(N)n1. The lowest BCUT2D eigenvalue weighted by Crippen LogP contribution is -2.13. The van der Waals surface area contributed by atoms with Crippen molar-refractivity contribution in [3.05, 3.63) is 18.6 Å². The van der Waals surface area contributed by atoms with Gasteiger partial charge in [-0.2, -0.15) is 10.2 Å². The summed E-state index contributed by atoms with van der Waals surface area (Å²) in [6.45, 7) is 3.41. The minimum Gasteiger partial charge on any atom is -0.383 e. The van der Waals surface area contributed by atoms with Crippen LogP contribution in [0.3, 0.4) is 0 Å². The Kier molecular flexibility index (Phi) is 4.48. The van der Waals surface area contributed by atoms with Crippen LogP contribution in [0, 0.1) is 0 Å². The van der Waals surface area contributed by atoms with Crippen LogP contribution < -0.4 is 10.5 Å². The van der Waals surface area contributed by atoms with E-state index in [0.29, 0.717) is 25.4 Å². The fourth-order valence-electron chi connectivity index (χ4n) is 1.72. The highest BCUT2D eigenvalue weighted by Crippen LogP contribution is 2.20. The van der Waals surface area contributed by atoms with Crippen LogP contribution in [-0.4, -0.2) is 41.7 Å². The zero-order chi connectivity index (χ0) is 15.5. The van der Waals surface area contributed by atoms with Gasteiger partial charge in [0, 0.05) is 26.0 Å². The lowest BCUT2D eigenvalue weighted by molar-refractivity contribution is 0.183. The van der Waals surface area contributed by atoms with Gasteiger partial charge < -0.3 is 10.5 Å². The van der Waals surface area contributed by atoms with E-state index >= 15 is 0 Å². The largest absolute Gasteiger partial charge is 0.383 e. The highest BCUT2D eigenvalue weighted by atomic mass is 32.2. The van der Waals surface area contributed by atoms with Crippen molar-refractivity contribution in [2.45, 2.75) is 24.9 Å². The number of aryl methyl sites for hydroxylation is 1. The first kappa shape index (κ1) is 15.3. The summed E-state index contributed by atoms with van der Waals surface area (Å²) < 4.78 is 34.9. The molecule has 0 aliphatic carbocycles. The van der Waals surface area contributed by atoms with Crippen LogP contribution in [0.5, 0.6) is 0 Å². The fraction of sp³-hybridized carbons (Fsp3) is 0.455. The van der Waals surface area contributed by atoms with Crippen molar-refractivity contribution in [2.24, 2.45) is 0 Å². The monoisotopic (exact) mass is 314 g/mol. The van der Waals surface area contributed by atoms with Crippen LogP contribution in [0.2, 0.25) is 0 Å². The van der Waals surface area contributed by atoms with E-state index < -0.39 is 10.0 Å². The second-order valence-corrected chi connectivity index (χ2v) is 5.98. The number of nitrogens with one attached hydrogen (secondary N) is 1. The summed E-state index contributed by atoms with van der Waals surface area (Å²) in [5.74, 6) is -0.0314. The van der Waals surface area contributed by atoms with Gasteiger partial charge in [-0.25, -0.2) is 8.42 Å². The third kappa shape index (κ3) is 3.52. The fourth-order valence-corrected chi connectivity index (χ4v) is 2.82.